The van der Waals surface area contributed by atoms with Gasteiger partial charge in [-0.3, -0.25) is 0 Å². The second-order valence-corrected chi connectivity index (χ2v) is 11.8. The number of nitrogens with zero attached hydrogens (tertiary/aromatic N) is 3. The minimum Gasteiger partial charge on any atom is -0.344 e. The minimum atomic E-state index is -0.294. The van der Waals surface area contributed by atoms with Gasteiger partial charge in [0, 0.05) is 11.1 Å². The van der Waals surface area contributed by atoms with Crippen molar-refractivity contribution in [2.75, 3.05) is 0 Å². The summed E-state index contributed by atoms with van der Waals surface area (Å²) in [6, 6.07) is 60.6. The van der Waals surface area contributed by atoms with E-state index >= 15 is 0 Å². The van der Waals surface area contributed by atoms with Crippen molar-refractivity contribution < 1.29 is 0 Å². The van der Waals surface area contributed by atoms with Crippen LogP contribution in [0.4, 0.5) is 0 Å². The number of rotatable bonds is 6. The Labute approximate surface area is 280 Å². The van der Waals surface area contributed by atoms with Gasteiger partial charge in [0.25, 0.3) is 0 Å². The van der Waals surface area contributed by atoms with Crippen molar-refractivity contribution in [2.24, 2.45) is 9.98 Å². The molecule has 4 nitrogen and oxygen atoms in total. The molecule has 1 heterocycles. The second kappa shape index (κ2) is 12.7. The Morgan fingerprint density at radius 1 is 0.500 bits per heavy atom. The van der Waals surface area contributed by atoms with Crippen LogP contribution < -0.4 is 5.32 Å². The predicted molar refractivity (Wildman–Crippen MR) is 197 cm³/mol. The van der Waals surface area contributed by atoms with Crippen LogP contribution in [0.25, 0.3) is 44.2 Å². The van der Waals surface area contributed by atoms with Crippen molar-refractivity contribution in [3.8, 4) is 39.4 Å². The Morgan fingerprint density at radius 2 is 1.10 bits per heavy atom. The molecule has 7 aromatic carbocycles. The summed E-state index contributed by atoms with van der Waals surface area (Å²) in [5, 5.41) is 15.6. The molecule has 1 aliphatic heterocycles. The maximum atomic E-state index is 9.64. The van der Waals surface area contributed by atoms with Gasteiger partial charge < -0.3 is 5.32 Å². The molecule has 1 unspecified atom stereocenters. The van der Waals surface area contributed by atoms with Crippen molar-refractivity contribution in [3.63, 3.8) is 0 Å². The van der Waals surface area contributed by atoms with Gasteiger partial charge in [0.05, 0.1) is 11.6 Å². The van der Waals surface area contributed by atoms with Gasteiger partial charge >= 0.3 is 0 Å². The van der Waals surface area contributed by atoms with E-state index in [9.17, 15) is 5.26 Å². The fourth-order valence-corrected chi connectivity index (χ4v) is 6.40. The molecular weight excluding hydrogens is 585 g/mol. The van der Waals surface area contributed by atoms with Crippen molar-refractivity contribution >= 4 is 22.4 Å². The summed E-state index contributed by atoms with van der Waals surface area (Å²) in [4.78, 5) is 9.98. The summed E-state index contributed by atoms with van der Waals surface area (Å²) in [6.45, 7) is 0. The van der Waals surface area contributed by atoms with E-state index < -0.39 is 0 Å². The third-order valence-electron chi connectivity index (χ3n) is 8.82. The fraction of sp³-hybridized carbons (Fsp3) is 0.0227. The summed E-state index contributed by atoms with van der Waals surface area (Å²) in [6.07, 6.45) is -0.294. The zero-order valence-corrected chi connectivity index (χ0v) is 26.1. The molecule has 48 heavy (non-hydrogen) atoms. The topological polar surface area (TPSA) is 60.5 Å². The molecule has 226 valence electrons. The Morgan fingerprint density at radius 3 is 1.83 bits per heavy atom. The Balaban J connectivity index is 1.18. The molecule has 0 bridgehead atoms. The van der Waals surface area contributed by atoms with Gasteiger partial charge in [0.2, 0.25) is 0 Å². The quantitative estimate of drug-likeness (QED) is 0.203. The number of hydrogen-bond donors (Lipinski definition) is 1. The number of nitriles is 1. The van der Waals surface area contributed by atoms with Gasteiger partial charge in [-0.2, -0.15) is 5.26 Å². The standard InChI is InChI=1S/C44H30N4/c45-29-37-16-8-9-17-38(37)31-19-21-32(22-20-31)40-28-27-30-11-7-10-18-39(30)41(40)33-23-25-36(26-24-33)44-47-42(34-12-3-1-4-13-34)46-43(48-44)35-14-5-2-6-15-35/h1-28,44H,(H,46,47,48). The van der Waals surface area contributed by atoms with Crippen LogP contribution in [-0.4, -0.2) is 11.7 Å². The van der Waals surface area contributed by atoms with Crippen molar-refractivity contribution in [1.82, 2.24) is 5.32 Å². The summed E-state index contributed by atoms with van der Waals surface area (Å²) in [7, 11) is 0. The third-order valence-corrected chi connectivity index (χ3v) is 8.82. The molecule has 0 saturated carbocycles. The molecule has 1 atom stereocenters. The number of amidine groups is 2. The number of fused-ring (bicyclic) bond motifs is 1. The smallest absolute Gasteiger partial charge is 0.159 e. The van der Waals surface area contributed by atoms with Gasteiger partial charge in [-0.25, -0.2) is 9.98 Å². The number of nitrogens with one attached hydrogen (secondary N) is 1. The molecule has 0 spiro atoms. The number of benzene rings is 7. The van der Waals surface area contributed by atoms with Crippen LogP contribution in [0.2, 0.25) is 0 Å². The third kappa shape index (κ3) is 5.55. The maximum absolute atomic E-state index is 9.64. The van der Waals surface area contributed by atoms with E-state index in [4.69, 9.17) is 9.98 Å². The average molecular weight is 615 g/mol. The van der Waals surface area contributed by atoms with Crippen molar-refractivity contribution in [2.45, 2.75) is 6.17 Å². The van der Waals surface area contributed by atoms with E-state index in [0.29, 0.717) is 11.4 Å². The van der Waals surface area contributed by atoms with Gasteiger partial charge in [0.1, 0.15) is 12.0 Å². The van der Waals surface area contributed by atoms with E-state index in [1.807, 2.05) is 72.8 Å². The highest BCUT2D eigenvalue weighted by molar-refractivity contribution is 6.13. The first-order chi connectivity index (χ1) is 23.7. The lowest BCUT2D eigenvalue weighted by Gasteiger charge is -2.24. The van der Waals surface area contributed by atoms with E-state index in [1.54, 1.807) is 0 Å². The Bertz CT molecular complexity index is 2350. The van der Waals surface area contributed by atoms with E-state index in [2.05, 4.69) is 108 Å². The Hall–Kier alpha value is -6.57. The summed E-state index contributed by atoms with van der Waals surface area (Å²) in [5.74, 6) is 1.51. The number of hydrogen-bond acceptors (Lipinski definition) is 4. The van der Waals surface area contributed by atoms with Gasteiger partial charge in [-0.1, -0.05) is 164 Å². The van der Waals surface area contributed by atoms with Crippen molar-refractivity contribution in [1.29, 1.82) is 5.26 Å². The van der Waals surface area contributed by atoms with E-state index in [-0.39, 0.29) is 6.17 Å². The maximum Gasteiger partial charge on any atom is 0.159 e. The molecule has 1 aliphatic rings. The highest BCUT2D eigenvalue weighted by Crippen LogP contribution is 2.39. The first-order valence-corrected chi connectivity index (χ1v) is 16.0. The van der Waals surface area contributed by atoms with Crippen LogP contribution in [0, 0.1) is 11.3 Å². The van der Waals surface area contributed by atoms with Gasteiger partial charge in [0.15, 0.2) is 5.84 Å². The van der Waals surface area contributed by atoms with Crippen LogP contribution in [0.3, 0.4) is 0 Å². The zero-order valence-electron chi connectivity index (χ0n) is 26.1. The van der Waals surface area contributed by atoms with Crippen LogP contribution in [-0.2, 0) is 0 Å². The minimum absolute atomic E-state index is 0.294. The molecule has 0 aromatic heterocycles. The largest absolute Gasteiger partial charge is 0.344 e. The van der Waals surface area contributed by atoms with Crippen LogP contribution in [0.1, 0.15) is 28.4 Å². The average Bonchev–Trinajstić information content (AvgIpc) is 3.18. The lowest BCUT2D eigenvalue weighted by Crippen LogP contribution is -2.33. The molecule has 0 saturated heterocycles. The molecule has 8 rings (SSSR count). The van der Waals surface area contributed by atoms with E-state index in [1.165, 1.54) is 16.3 Å². The van der Waals surface area contributed by atoms with Crippen molar-refractivity contribution in [3.05, 3.63) is 192 Å². The molecular formula is C44H30N4. The monoisotopic (exact) mass is 614 g/mol. The predicted octanol–water partition coefficient (Wildman–Crippen LogP) is 10.2. The first kappa shape index (κ1) is 28.9. The summed E-state index contributed by atoms with van der Waals surface area (Å²) >= 11 is 0. The summed E-state index contributed by atoms with van der Waals surface area (Å²) < 4.78 is 0. The highest BCUT2D eigenvalue weighted by atomic mass is 15.2. The molecule has 1 N–H and O–H groups in total. The van der Waals surface area contributed by atoms with Gasteiger partial charge in [-0.15, -0.1) is 0 Å². The molecule has 4 heteroatoms. The van der Waals surface area contributed by atoms with Gasteiger partial charge in [-0.05, 0) is 55.8 Å². The summed E-state index contributed by atoms with van der Waals surface area (Å²) in [5.41, 5.74) is 10.3. The molecule has 0 fully saturated rings. The first-order valence-electron chi connectivity index (χ1n) is 16.0. The zero-order chi connectivity index (χ0) is 32.3. The van der Waals surface area contributed by atoms with Crippen LogP contribution in [0.5, 0.6) is 0 Å². The molecule has 0 amide bonds. The van der Waals surface area contributed by atoms with E-state index in [0.717, 1.165) is 50.3 Å². The molecule has 0 aliphatic carbocycles. The van der Waals surface area contributed by atoms with Crippen LogP contribution in [0.15, 0.2) is 180 Å². The normalized spacial score (nSPS) is 14.0. The lowest BCUT2D eigenvalue weighted by atomic mass is 9.88. The molecule has 7 aromatic rings. The second-order valence-electron chi connectivity index (χ2n) is 11.8. The van der Waals surface area contributed by atoms with Crippen LogP contribution >= 0.6 is 0 Å². The number of aliphatic imine (C=N–C) groups is 2. The SMILES string of the molecule is N#Cc1ccccc1-c1ccc(-c2ccc3ccccc3c2-c2ccc(C3N=C(c4ccccc4)N=C(c4ccccc4)N3)cc2)cc1. The highest BCUT2D eigenvalue weighted by Gasteiger charge is 2.21. The Kier molecular flexibility index (Phi) is 7.62. The lowest BCUT2D eigenvalue weighted by molar-refractivity contribution is 0.674. The fourth-order valence-electron chi connectivity index (χ4n) is 6.40. The molecule has 0 radical (unpaired) electrons.